The van der Waals surface area contributed by atoms with Crippen LogP contribution in [0.4, 0.5) is 0 Å². The first kappa shape index (κ1) is 20.3. The van der Waals surface area contributed by atoms with E-state index in [1.54, 1.807) is 0 Å². The van der Waals surface area contributed by atoms with E-state index in [1.165, 1.54) is 5.56 Å². The normalized spacial score (nSPS) is 13.0. The molecule has 0 bridgehead atoms. The monoisotopic (exact) mass is 349 g/mol. The molecule has 0 saturated carbocycles. The van der Waals surface area contributed by atoms with Gasteiger partial charge in [0.1, 0.15) is 0 Å². The Bertz CT molecular complexity index is 667. The SMILES string of the molecule is CNC(C)CNC(=O)c1cc(C)n(C(C)c2ccccc2)c1C.Cl. The van der Waals surface area contributed by atoms with Crippen molar-refractivity contribution in [2.75, 3.05) is 13.6 Å². The number of carbonyl (C=O) groups is 1. The number of carbonyl (C=O) groups excluding carboxylic acids is 1. The van der Waals surface area contributed by atoms with Crippen LogP contribution in [-0.4, -0.2) is 30.1 Å². The highest BCUT2D eigenvalue weighted by Crippen LogP contribution is 2.25. The molecule has 2 N–H and O–H groups in total. The standard InChI is InChI=1S/C19H27N3O.ClH/c1-13(20-5)12-21-19(23)18-11-14(2)22(16(18)4)15(3)17-9-7-6-8-10-17;/h6-11,13,15,20H,12H2,1-5H3,(H,21,23);1H. The van der Waals surface area contributed by atoms with Crippen molar-refractivity contribution in [1.29, 1.82) is 0 Å². The molecular weight excluding hydrogens is 322 g/mol. The summed E-state index contributed by atoms with van der Waals surface area (Å²) in [6.45, 7) is 8.90. The van der Waals surface area contributed by atoms with Gasteiger partial charge in [-0.2, -0.15) is 0 Å². The molecule has 0 aliphatic rings. The highest BCUT2D eigenvalue weighted by atomic mass is 35.5. The summed E-state index contributed by atoms with van der Waals surface area (Å²) in [6, 6.07) is 12.8. The number of halogens is 1. The fourth-order valence-electron chi connectivity index (χ4n) is 2.93. The maximum absolute atomic E-state index is 12.5. The Morgan fingerprint density at radius 1 is 1.17 bits per heavy atom. The van der Waals surface area contributed by atoms with E-state index in [0.29, 0.717) is 6.54 Å². The number of rotatable bonds is 6. The van der Waals surface area contributed by atoms with Crippen molar-refractivity contribution in [1.82, 2.24) is 15.2 Å². The quantitative estimate of drug-likeness (QED) is 0.838. The number of nitrogens with zero attached hydrogens (tertiary/aromatic N) is 1. The summed E-state index contributed by atoms with van der Waals surface area (Å²) in [7, 11) is 1.89. The molecule has 2 rings (SSSR count). The summed E-state index contributed by atoms with van der Waals surface area (Å²) in [6.07, 6.45) is 0. The smallest absolute Gasteiger partial charge is 0.253 e. The molecule has 2 unspecified atom stereocenters. The van der Waals surface area contributed by atoms with Crippen LogP contribution >= 0.6 is 12.4 Å². The zero-order chi connectivity index (χ0) is 17.0. The van der Waals surface area contributed by atoms with Crippen molar-refractivity contribution in [3.8, 4) is 0 Å². The summed E-state index contributed by atoms with van der Waals surface area (Å²) in [5.41, 5.74) is 4.11. The maximum Gasteiger partial charge on any atom is 0.253 e. The van der Waals surface area contributed by atoms with E-state index in [1.807, 2.05) is 45.2 Å². The molecule has 24 heavy (non-hydrogen) atoms. The predicted molar refractivity (Wildman–Crippen MR) is 102 cm³/mol. The minimum atomic E-state index is -0.00767. The Labute approximate surface area is 151 Å². The van der Waals surface area contributed by atoms with E-state index in [9.17, 15) is 4.79 Å². The number of amides is 1. The average Bonchev–Trinajstić information content (AvgIpc) is 2.87. The van der Waals surface area contributed by atoms with Crippen molar-refractivity contribution in [2.24, 2.45) is 0 Å². The molecule has 2 aromatic rings. The molecular formula is C19H28ClN3O. The maximum atomic E-state index is 12.5. The lowest BCUT2D eigenvalue weighted by Gasteiger charge is -2.19. The van der Waals surface area contributed by atoms with E-state index in [0.717, 1.165) is 17.0 Å². The van der Waals surface area contributed by atoms with Crippen LogP contribution in [0.1, 0.15) is 47.2 Å². The molecule has 1 amide bonds. The summed E-state index contributed by atoms with van der Waals surface area (Å²) >= 11 is 0. The lowest BCUT2D eigenvalue weighted by atomic mass is 10.1. The van der Waals surface area contributed by atoms with Gasteiger partial charge in [0, 0.05) is 24.0 Å². The number of hydrogen-bond donors (Lipinski definition) is 2. The molecule has 1 aromatic carbocycles. The van der Waals surface area contributed by atoms with E-state index in [-0.39, 0.29) is 30.4 Å². The third kappa shape index (κ3) is 4.40. The average molecular weight is 350 g/mol. The second kappa shape index (κ2) is 8.90. The molecule has 132 valence electrons. The second-order valence-electron chi connectivity index (χ2n) is 6.14. The first-order valence-electron chi connectivity index (χ1n) is 8.14. The van der Waals surface area contributed by atoms with Gasteiger partial charge < -0.3 is 15.2 Å². The van der Waals surface area contributed by atoms with Gasteiger partial charge >= 0.3 is 0 Å². The van der Waals surface area contributed by atoms with E-state index >= 15 is 0 Å². The van der Waals surface area contributed by atoms with Crippen molar-refractivity contribution < 1.29 is 4.79 Å². The largest absolute Gasteiger partial charge is 0.350 e. The Kier molecular flexibility index (Phi) is 7.52. The van der Waals surface area contributed by atoms with Gasteiger partial charge in [0.15, 0.2) is 0 Å². The van der Waals surface area contributed by atoms with Gasteiger partial charge in [0.05, 0.1) is 11.6 Å². The van der Waals surface area contributed by atoms with E-state index in [4.69, 9.17) is 0 Å². The molecule has 4 nitrogen and oxygen atoms in total. The molecule has 0 radical (unpaired) electrons. The fourth-order valence-corrected chi connectivity index (χ4v) is 2.93. The van der Waals surface area contributed by atoms with Crippen LogP contribution in [0.15, 0.2) is 36.4 Å². The van der Waals surface area contributed by atoms with E-state index < -0.39 is 0 Å². The summed E-state index contributed by atoms with van der Waals surface area (Å²) in [5.74, 6) is -0.00767. The highest BCUT2D eigenvalue weighted by Gasteiger charge is 2.19. The minimum absolute atomic E-state index is 0. The number of benzene rings is 1. The predicted octanol–water partition coefficient (Wildman–Crippen LogP) is 3.47. The second-order valence-corrected chi connectivity index (χ2v) is 6.14. The van der Waals surface area contributed by atoms with Gasteiger partial charge in [-0.05, 0) is 46.4 Å². The molecule has 2 atom stereocenters. The zero-order valence-electron chi connectivity index (χ0n) is 15.1. The number of nitrogens with one attached hydrogen (secondary N) is 2. The number of hydrogen-bond acceptors (Lipinski definition) is 2. The highest BCUT2D eigenvalue weighted by molar-refractivity contribution is 5.95. The van der Waals surface area contributed by atoms with Crippen LogP contribution < -0.4 is 10.6 Å². The van der Waals surface area contributed by atoms with Gasteiger partial charge in [-0.15, -0.1) is 12.4 Å². The zero-order valence-corrected chi connectivity index (χ0v) is 15.9. The summed E-state index contributed by atoms with van der Waals surface area (Å²) in [4.78, 5) is 12.5. The topological polar surface area (TPSA) is 46.1 Å². The van der Waals surface area contributed by atoms with Gasteiger partial charge in [0.25, 0.3) is 5.91 Å². The van der Waals surface area contributed by atoms with E-state index in [2.05, 4.69) is 41.2 Å². The van der Waals surface area contributed by atoms with Crippen LogP contribution in [0.25, 0.3) is 0 Å². The van der Waals surface area contributed by atoms with Crippen molar-refractivity contribution in [3.05, 3.63) is 58.9 Å². The third-order valence-corrected chi connectivity index (χ3v) is 4.46. The van der Waals surface area contributed by atoms with Crippen molar-refractivity contribution >= 4 is 18.3 Å². The Balaban J connectivity index is 0.00000288. The van der Waals surface area contributed by atoms with Gasteiger partial charge in [-0.25, -0.2) is 0 Å². The third-order valence-electron chi connectivity index (χ3n) is 4.46. The van der Waals surface area contributed by atoms with Gasteiger partial charge in [-0.3, -0.25) is 4.79 Å². The Morgan fingerprint density at radius 2 is 1.79 bits per heavy atom. The summed E-state index contributed by atoms with van der Waals surface area (Å²) < 4.78 is 2.23. The van der Waals surface area contributed by atoms with Gasteiger partial charge in [-0.1, -0.05) is 30.3 Å². The molecule has 0 fully saturated rings. The Morgan fingerprint density at radius 3 is 2.38 bits per heavy atom. The summed E-state index contributed by atoms with van der Waals surface area (Å²) in [5, 5.41) is 6.12. The fraction of sp³-hybridized carbons (Fsp3) is 0.421. The molecule has 0 aliphatic heterocycles. The lowest BCUT2D eigenvalue weighted by molar-refractivity contribution is 0.0950. The molecule has 1 aromatic heterocycles. The van der Waals surface area contributed by atoms with Crippen LogP contribution in [0, 0.1) is 13.8 Å². The van der Waals surface area contributed by atoms with Crippen molar-refractivity contribution in [3.63, 3.8) is 0 Å². The molecule has 1 heterocycles. The molecule has 0 aliphatic carbocycles. The minimum Gasteiger partial charge on any atom is -0.350 e. The number of aromatic nitrogens is 1. The molecule has 0 spiro atoms. The first-order valence-corrected chi connectivity index (χ1v) is 8.14. The number of likely N-dealkylation sites (N-methyl/N-ethyl adjacent to an activating group) is 1. The van der Waals surface area contributed by atoms with Crippen LogP contribution in [-0.2, 0) is 0 Å². The molecule has 0 saturated heterocycles. The number of aryl methyl sites for hydroxylation is 1. The van der Waals surface area contributed by atoms with Crippen LogP contribution in [0.2, 0.25) is 0 Å². The van der Waals surface area contributed by atoms with Gasteiger partial charge in [0.2, 0.25) is 0 Å². The first-order chi connectivity index (χ1) is 11.0. The van der Waals surface area contributed by atoms with Crippen LogP contribution in [0.5, 0.6) is 0 Å². The lowest BCUT2D eigenvalue weighted by Crippen LogP contribution is -2.37. The van der Waals surface area contributed by atoms with Crippen LogP contribution in [0.3, 0.4) is 0 Å². The van der Waals surface area contributed by atoms with Crippen molar-refractivity contribution in [2.45, 2.75) is 39.8 Å². The molecule has 5 heteroatoms. The Hall–Kier alpha value is -1.78.